The van der Waals surface area contributed by atoms with Crippen molar-refractivity contribution in [2.24, 2.45) is 0 Å². The summed E-state index contributed by atoms with van der Waals surface area (Å²) in [6.07, 6.45) is 1.57. The van der Waals surface area contributed by atoms with Gasteiger partial charge in [-0.2, -0.15) is 0 Å². The van der Waals surface area contributed by atoms with E-state index in [2.05, 4.69) is 24.1 Å². The molecule has 3 aromatic rings. The first-order valence-corrected chi connectivity index (χ1v) is 9.75. The van der Waals surface area contributed by atoms with Gasteiger partial charge in [-0.1, -0.05) is 32.0 Å². The molecule has 0 aliphatic heterocycles. The van der Waals surface area contributed by atoms with Gasteiger partial charge in [-0.05, 0) is 50.5 Å². The molecule has 1 aromatic heterocycles. The fourth-order valence-electron chi connectivity index (χ4n) is 3.15. The minimum absolute atomic E-state index is 0.254. The Morgan fingerprint density at radius 1 is 1.10 bits per heavy atom. The molecule has 0 aliphatic carbocycles. The monoisotopic (exact) mass is 392 g/mol. The summed E-state index contributed by atoms with van der Waals surface area (Å²) in [5, 5.41) is 4.25. The Morgan fingerprint density at radius 3 is 2.38 bits per heavy atom. The second-order valence-electron chi connectivity index (χ2n) is 8.31. The number of anilines is 2. The molecule has 0 fully saturated rings. The fourth-order valence-corrected chi connectivity index (χ4v) is 3.15. The van der Waals surface area contributed by atoms with Crippen LogP contribution in [0.2, 0.25) is 0 Å². The summed E-state index contributed by atoms with van der Waals surface area (Å²) in [6, 6.07) is 13.7. The smallest absolute Gasteiger partial charge is 0.342 e. The number of ether oxygens (including phenoxy) is 2. The predicted molar refractivity (Wildman–Crippen MR) is 117 cm³/mol. The number of nitrogens with one attached hydrogen (secondary N) is 1. The van der Waals surface area contributed by atoms with Crippen LogP contribution >= 0.6 is 0 Å². The van der Waals surface area contributed by atoms with Crippen molar-refractivity contribution in [2.75, 3.05) is 12.4 Å². The van der Waals surface area contributed by atoms with E-state index in [4.69, 9.17) is 9.47 Å². The number of methoxy groups -OCH3 is 1. The fraction of sp³-hybridized carbons (Fsp3) is 0.333. The number of esters is 1. The highest BCUT2D eigenvalue weighted by Crippen LogP contribution is 2.36. The third-order valence-corrected chi connectivity index (χ3v) is 4.50. The number of benzene rings is 2. The second kappa shape index (κ2) is 8.11. The van der Waals surface area contributed by atoms with E-state index in [0.29, 0.717) is 11.3 Å². The third kappa shape index (κ3) is 4.67. The average molecular weight is 392 g/mol. The predicted octanol–water partition coefficient (Wildman–Crippen LogP) is 6.07. The summed E-state index contributed by atoms with van der Waals surface area (Å²) in [5.74, 6) is 0.632. The van der Waals surface area contributed by atoms with Crippen LogP contribution in [-0.4, -0.2) is 23.7 Å². The Morgan fingerprint density at radius 2 is 1.79 bits per heavy atom. The zero-order valence-electron chi connectivity index (χ0n) is 17.9. The number of carbonyl (C=O) groups is 1. The number of rotatable bonds is 5. The molecule has 0 atom stereocenters. The van der Waals surface area contributed by atoms with Gasteiger partial charge >= 0.3 is 5.97 Å². The van der Waals surface area contributed by atoms with Crippen molar-refractivity contribution in [1.29, 1.82) is 0 Å². The summed E-state index contributed by atoms with van der Waals surface area (Å²) in [5.41, 5.74) is 3.16. The lowest BCUT2D eigenvalue weighted by Crippen LogP contribution is -2.24. The highest BCUT2D eigenvalue weighted by atomic mass is 16.6. The van der Waals surface area contributed by atoms with Crippen molar-refractivity contribution in [2.45, 2.75) is 46.1 Å². The molecular formula is C24H28N2O3. The molecule has 0 saturated carbocycles. The first-order chi connectivity index (χ1) is 13.7. The van der Waals surface area contributed by atoms with Crippen LogP contribution in [0.1, 0.15) is 56.5 Å². The van der Waals surface area contributed by atoms with Crippen LogP contribution in [0, 0.1) is 0 Å². The normalized spacial score (nSPS) is 11.6. The molecular weight excluding hydrogens is 364 g/mol. The van der Waals surface area contributed by atoms with Crippen molar-refractivity contribution < 1.29 is 14.3 Å². The number of fused-ring (bicyclic) bond motifs is 1. The van der Waals surface area contributed by atoms with Crippen LogP contribution in [-0.2, 0) is 4.74 Å². The summed E-state index contributed by atoms with van der Waals surface area (Å²) in [4.78, 5) is 17.5. The van der Waals surface area contributed by atoms with Gasteiger partial charge in [0.15, 0.2) is 0 Å². The third-order valence-electron chi connectivity index (χ3n) is 4.50. The Hall–Kier alpha value is -3.08. The van der Waals surface area contributed by atoms with Crippen molar-refractivity contribution in [3.8, 4) is 5.75 Å². The van der Waals surface area contributed by atoms with Gasteiger partial charge in [0.2, 0.25) is 0 Å². The molecule has 0 radical (unpaired) electrons. The van der Waals surface area contributed by atoms with Gasteiger partial charge in [0.25, 0.3) is 0 Å². The summed E-state index contributed by atoms with van der Waals surface area (Å²) in [7, 11) is 1.66. The first kappa shape index (κ1) is 20.6. The van der Waals surface area contributed by atoms with Gasteiger partial charge in [-0.15, -0.1) is 0 Å². The lowest BCUT2D eigenvalue weighted by molar-refractivity contribution is 0.00705. The molecule has 29 heavy (non-hydrogen) atoms. The lowest BCUT2D eigenvalue weighted by atomic mass is 9.98. The van der Waals surface area contributed by atoms with Crippen LogP contribution in [0.4, 0.5) is 11.4 Å². The molecule has 2 aromatic carbocycles. The van der Waals surface area contributed by atoms with Crippen molar-refractivity contribution in [3.05, 3.63) is 59.8 Å². The van der Waals surface area contributed by atoms with Gasteiger partial charge < -0.3 is 14.8 Å². The van der Waals surface area contributed by atoms with E-state index < -0.39 is 11.6 Å². The zero-order valence-corrected chi connectivity index (χ0v) is 17.9. The van der Waals surface area contributed by atoms with Gasteiger partial charge in [0, 0.05) is 23.3 Å². The molecule has 5 heteroatoms. The van der Waals surface area contributed by atoms with Gasteiger partial charge in [0.05, 0.1) is 18.3 Å². The maximum atomic E-state index is 12.9. The lowest BCUT2D eigenvalue weighted by Gasteiger charge is -2.22. The molecule has 1 N–H and O–H groups in total. The van der Waals surface area contributed by atoms with Crippen LogP contribution in [0.5, 0.6) is 5.75 Å². The average Bonchev–Trinajstić information content (AvgIpc) is 2.66. The van der Waals surface area contributed by atoms with E-state index >= 15 is 0 Å². The summed E-state index contributed by atoms with van der Waals surface area (Å²) >= 11 is 0. The number of pyridine rings is 1. The molecule has 0 unspecified atom stereocenters. The highest BCUT2D eigenvalue weighted by Gasteiger charge is 2.23. The minimum Gasteiger partial charge on any atom is -0.496 e. The molecule has 0 spiro atoms. The van der Waals surface area contributed by atoms with Crippen LogP contribution < -0.4 is 10.1 Å². The molecule has 0 bridgehead atoms. The summed E-state index contributed by atoms with van der Waals surface area (Å²) < 4.78 is 11.2. The number of aromatic nitrogens is 1. The van der Waals surface area contributed by atoms with E-state index in [-0.39, 0.29) is 5.92 Å². The van der Waals surface area contributed by atoms with Crippen molar-refractivity contribution in [1.82, 2.24) is 4.98 Å². The van der Waals surface area contributed by atoms with Crippen molar-refractivity contribution >= 4 is 28.2 Å². The van der Waals surface area contributed by atoms with Crippen molar-refractivity contribution in [3.63, 3.8) is 0 Å². The second-order valence-corrected chi connectivity index (χ2v) is 8.31. The van der Waals surface area contributed by atoms with Gasteiger partial charge in [0.1, 0.15) is 16.9 Å². The number of para-hydroxylation sites is 1. The van der Waals surface area contributed by atoms with Crippen LogP contribution in [0.3, 0.4) is 0 Å². The van der Waals surface area contributed by atoms with E-state index in [9.17, 15) is 4.79 Å². The van der Waals surface area contributed by atoms with E-state index in [1.54, 1.807) is 13.3 Å². The molecule has 1 heterocycles. The van der Waals surface area contributed by atoms with Crippen LogP contribution in [0.25, 0.3) is 10.9 Å². The maximum Gasteiger partial charge on any atom is 0.342 e. The zero-order chi connectivity index (χ0) is 21.2. The Balaban J connectivity index is 2.24. The molecule has 0 aliphatic rings. The Kier molecular flexibility index (Phi) is 5.78. The van der Waals surface area contributed by atoms with Crippen LogP contribution in [0.15, 0.2) is 48.7 Å². The number of carbonyl (C=O) groups excluding carboxylic acids is 1. The van der Waals surface area contributed by atoms with Gasteiger partial charge in [-0.25, -0.2) is 4.79 Å². The number of hydrogen-bond acceptors (Lipinski definition) is 5. The quantitative estimate of drug-likeness (QED) is 0.534. The van der Waals surface area contributed by atoms with E-state index in [1.807, 2.05) is 63.2 Å². The van der Waals surface area contributed by atoms with E-state index in [1.165, 1.54) is 0 Å². The highest BCUT2D eigenvalue weighted by molar-refractivity contribution is 6.06. The Bertz CT molecular complexity index is 1020. The summed E-state index contributed by atoms with van der Waals surface area (Å²) in [6.45, 7) is 9.78. The molecule has 3 rings (SSSR count). The molecule has 5 nitrogen and oxygen atoms in total. The maximum absolute atomic E-state index is 12.9. The standard InChI is InChI=1S/C24H28N2O3/c1-15(2)17-12-18-20(13-21(17)28-6)25-14-19(23(27)29-24(3,4)5)22(18)26-16-10-8-7-9-11-16/h7-15H,1-6H3,(H,25,26). The molecule has 152 valence electrons. The topological polar surface area (TPSA) is 60.5 Å². The van der Waals surface area contributed by atoms with Gasteiger partial charge in [-0.3, -0.25) is 4.98 Å². The SMILES string of the molecule is COc1cc2ncc(C(=O)OC(C)(C)C)c(Nc3ccccc3)c2cc1C(C)C. The molecule has 0 saturated heterocycles. The molecule has 0 amide bonds. The van der Waals surface area contributed by atoms with E-state index in [0.717, 1.165) is 27.9 Å². The number of hydrogen-bond donors (Lipinski definition) is 1. The largest absolute Gasteiger partial charge is 0.496 e. The number of nitrogens with zero attached hydrogens (tertiary/aromatic N) is 1. The minimum atomic E-state index is -0.598. The first-order valence-electron chi connectivity index (χ1n) is 9.75. The Labute approximate surface area is 172 Å².